The third-order valence-corrected chi connectivity index (χ3v) is 4.71. The number of rotatable bonds is 10. The third-order valence-electron chi connectivity index (χ3n) is 2.79. The summed E-state index contributed by atoms with van der Waals surface area (Å²) < 4.78 is 10.8. The van der Waals surface area contributed by atoms with Crippen molar-refractivity contribution in [1.29, 1.82) is 0 Å². The lowest BCUT2D eigenvalue weighted by Crippen LogP contribution is -2.05. The fourth-order valence-electron chi connectivity index (χ4n) is 1.76. The van der Waals surface area contributed by atoms with E-state index in [9.17, 15) is 10.2 Å². The van der Waals surface area contributed by atoms with E-state index >= 15 is 0 Å². The molecule has 0 aromatic heterocycles. The van der Waals surface area contributed by atoms with Crippen molar-refractivity contribution in [2.75, 3.05) is 31.5 Å². The number of ether oxygens (including phenoxy) is 2. The zero-order chi connectivity index (χ0) is 16.3. The van der Waals surface area contributed by atoms with Gasteiger partial charge in [-0.15, -0.1) is 23.5 Å². The van der Waals surface area contributed by atoms with Gasteiger partial charge in [-0.25, -0.2) is 0 Å². The van der Waals surface area contributed by atoms with Crippen molar-refractivity contribution in [2.45, 2.75) is 9.79 Å². The van der Waals surface area contributed by atoms with E-state index in [0.29, 0.717) is 13.2 Å². The first-order valence-corrected chi connectivity index (χ1v) is 9.20. The molecular weight excluding hydrogens is 332 g/mol. The second kappa shape index (κ2) is 10.4. The first-order chi connectivity index (χ1) is 11.2. The van der Waals surface area contributed by atoms with Crippen LogP contribution in [-0.2, 0) is 9.47 Å². The zero-order valence-electron chi connectivity index (χ0n) is 12.7. The Morgan fingerprint density at radius 3 is 1.65 bits per heavy atom. The summed E-state index contributed by atoms with van der Waals surface area (Å²) in [6.45, 7) is 1.47. The SMILES string of the molecule is Oc1cccc(SCCOCOCCSc2cccc(O)c2)c1. The molecular formula is C17H20O4S2. The van der Waals surface area contributed by atoms with Crippen molar-refractivity contribution in [3.05, 3.63) is 48.5 Å². The van der Waals surface area contributed by atoms with E-state index in [1.54, 1.807) is 47.8 Å². The zero-order valence-corrected chi connectivity index (χ0v) is 14.3. The maximum absolute atomic E-state index is 9.35. The summed E-state index contributed by atoms with van der Waals surface area (Å²) in [7, 11) is 0. The van der Waals surface area contributed by atoms with E-state index in [2.05, 4.69) is 0 Å². The molecule has 0 saturated carbocycles. The number of phenols is 2. The normalized spacial score (nSPS) is 10.8. The van der Waals surface area contributed by atoms with Crippen LogP contribution in [0.15, 0.2) is 58.3 Å². The number of thioether (sulfide) groups is 2. The number of benzene rings is 2. The lowest BCUT2D eigenvalue weighted by molar-refractivity contribution is -0.0426. The van der Waals surface area contributed by atoms with Crippen LogP contribution in [0.25, 0.3) is 0 Å². The summed E-state index contributed by atoms with van der Waals surface area (Å²) in [4.78, 5) is 2.05. The molecule has 23 heavy (non-hydrogen) atoms. The average molecular weight is 352 g/mol. The van der Waals surface area contributed by atoms with E-state index in [0.717, 1.165) is 21.3 Å². The highest BCUT2D eigenvalue weighted by Gasteiger charge is 1.97. The highest BCUT2D eigenvalue weighted by molar-refractivity contribution is 7.99. The fraction of sp³-hybridized carbons (Fsp3) is 0.294. The van der Waals surface area contributed by atoms with Crippen molar-refractivity contribution in [3.63, 3.8) is 0 Å². The molecule has 4 nitrogen and oxygen atoms in total. The van der Waals surface area contributed by atoms with E-state index < -0.39 is 0 Å². The van der Waals surface area contributed by atoms with Crippen LogP contribution in [-0.4, -0.2) is 41.7 Å². The predicted octanol–water partition coefficient (Wildman–Crippen LogP) is 3.97. The molecule has 2 rings (SSSR count). The Hall–Kier alpha value is -1.34. The molecule has 2 aromatic carbocycles. The number of hydrogen-bond acceptors (Lipinski definition) is 6. The summed E-state index contributed by atoms with van der Waals surface area (Å²) in [6, 6.07) is 14.3. The van der Waals surface area contributed by atoms with Gasteiger partial charge in [0.2, 0.25) is 0 Å². The molecule has 0 spiro atoms. The second-order valence-electron chi connectivity index (χ2n) is 4.63. The molecule has 0 amide bonds. The van der Waals surface area contributed by atoms with E-state index in [1.165, 1.54) is 0 Å². The topological polar surface area (TPSA) is 58.9 Å². The lowest BCUT2D eigenvalue weighted by Gasteiger charge is -2.06. The fourth-order valence-corrected chi connectivity index (χ4v) is 3.39. The number of phenolic OH excluding ortho intramolecular Hbond substituents is 2. The van der Waals surface area contributed by atoms with Crippen molar-refractivity contribution < 1.29 is 19.7 Å². The van der Waals surface area contributed by atoms with Crippen LogP contribution in [0, 0.1) is 0 Å². The van der Waals surface area contributed by atoms with Gasteiger partial charge >= 0.3 is 0 Å². The minimum Gasteiger partial charge on any atom is -0.508 e. The second-order valence-corrected chi connectivity index (χ2v) is 6.96. The van der Waals surface area contributed by atoms with Gasteiger partial charge in [-0.3, -0.25) is 0 Å². The van der Waals surface area contributed by atoms with Gasteiger partial charge in [0.1, 0.15) is 18.3 Å². The molecule has 0 aliphatic carbocycles. The smallest absolute Gasteiger partial charge is 0.146 e. The van der Waals surface area contributed by atoms with Gasteiger partial charge in [0.05, 0.1) is 13.2 Å². The lowest BCUT2D eigenvalue weighted by atomic mass is 10.3. The van der Waals surface area contributed by atoms with Crippen molar-refractivity contribution in [3.8, 4) is 11.5 Å². The van der Waals surface area contributed by atoms with Crippen LogP contribution in [0.2, 0.25) is 0 Å². The number of aromatic hydroxyl groups is 2. The Kier molecular flexibility index (Phi) is 8.17. The third kappa shape index (κ3) is 7.65. The van der Waals surface area contributed by atoms with Crippen LogP contribution < -0.4 is 0 Å². The Morgan fingerprint density at radius 1 is 0.739 bits per heavy atom. The van der Waals surface area contributed by atoms with Gasteiger partial charge in [0.25, 0.3) is 0 Å². The van der Waals surface area contributed by atoms with Gasteiger partial charge in [-0.2, -0.15) is 0 Å². The average Bonchev–Trinajstić information content (AvgIpc) is 2.53. The van der Waals surface area contributed by atoms with Crippen LogP contribution in [0.5, 0.6) is 11.5 Å². The summed E-state index contributed by atoms with van der Waals surface area (Å²) in [5, 5.41) is 18.7. The Labute approximate surface area is 144 Å². The molecule has 0 saturated heterocycles. The molecule has 2 N–H and O–H groups in total. The summed E-state index contributed by atoms with van der Waals surface area (Å²) in [5.41, 5.74) is 0. The van der Waals surface area contributed by atoms with Gasteiger partial charge < -0.3 is 19.7 Å². The van der Waals surface area contributed by atoms with Crippen molar-refractivity contribution >= 4 is 23.5 Å². The minimum atomic E-state index is 0.279. The maximum Gasteiger partial charge on any atom is 0.146 e. The molecule has 0 atom stereocenters. The molecule has 0 radical (unpaired) electrons. The minimum absolute atomic E-state index is 0.279. The molecule has 0 unspecified atom stereocenters. The van der Waals surface area contributed by atoms with E-state index in [-0.39, 0.29) is 18.3 Å². The Bertz CT molecular complexity index is 541. The predicted molar refractivity (Wildman–Crippen MR) is 94.4 cm³/mol. The van der Waals surface area contributed by atoms with Gasteiger partial charge in [-0.05, 0) is 36.4 Å². The molecule has 0 fully saturated rings. The Morgan fingerprint density at radius 2 is 1.22 bits per heavy atom. The first kappa shape index (κ1) is 18.0. The van der Waals surface area contributed by atoms with Crippen LogP contribution in [0.4, 0.5) is 0 Å². The van der Waals surface area contributed by atoms with E-state index in [4.69, 9.17) is 9.47 Å². The molecule has 0 heterocycles. The summed E-state index contributed by atoms with van der Waals surface area (Å²) in [6.07, 6.45) is 0. The molecule has 6 heteroatoms. The van der Waals surface area contributed by atoms with Gasteiger partial charge in [0, 0.05) is 21.3 Å². The highest BCUT2D eigenvalue weighted by atomic mass is 32.2. The van der Waals surface area contributed by atoms with Crippen molar-refractivity contribution in [1.82, 2.24) is 0 Å². The molecule has 0 bridgehead atoms. The van der Waals surface area contributed by atoms with Gasteiger partial charge in [0.15, 0.2) is 0 Å². The molecule has 124 valence electrons. The van der Waals surface area contributed by atoms with E-state index in [1.807, 2.05) is 24.3 Å². The first-order valence-electron chi connectivity index (χ1n) is 7.23. The molecule has 0 aliphatic heterocycles. The molecule has 2 aromatic rings. The molecule has 0 aliphatic rings. The van der Waals surface area contributed by atoms with Gasteiger partial charge in [-0.1, -0.05) is 12.1 Å². The highest BCUT2D eigenvalue weighted by Crippen LogP contribution is 2.22. The summed E-state index contributed by atoms with van der Waals surface area (Å²) in [5.74, 6) is 2.18. The van der Waals surface area contributed by atoms with Crippen LogP contribution in [0.3, 0.4) is 0 Å². The maximum atomic E-state index is 9.35. The van der Waals surface area contributed by atoms with Crippen LogP contribution >= 0.6 is 23.5 Å². The van der Waals surface area contributed by atoms with Crippen molar-refractivity contribution in [2.24, 2.45) is 0 Å². The Balaban J connectivity index is 1.45. The number of hydrogen-bond donors (Lipinski definition) is 2. The summed E-state index contributed by atoms with van der Waals surface area (Å²) >= 11 is 3.27. The standard InChI is InChI=1S/C17H20O4S2/c18-14-3-1-5-16(11-14)22-9-7-20-13-21-8-10-23-17-6-2-4-15(19)12-17/h1-6,11-12,18-19H,7-10,13H2. The largest absolute Gasteiger partial charge is 0.508 e. The monoisotopic (exact) mass is 352 g/mol. The van der Waals surface area contributed by atoms with Crippen LogP contribution in [0.1, 0.15) is 0 Å². The quantitative estimate of drug-likeness (QED) is 0.383.